The van der Waals surface area contributed by atoms with Crippen LogP contribution in [0.3, 0.4) is 0 Å². The molecule has 0 aliphatic rings. The summed E-state index contributed by atoms with van der Waals surface area (Å²) in [5, 5.41) is 8.44. The second kappa shape index (κ2) is 4.18. The van der Waals surface area contributed by atoms with Crippen molar-refractivity contribution in [2.75, 3.05) is 12.0 Å². The van der Waals surface area contributed by atoms with Crippen LogP contribution in [0, 0.1) is 4.78 Å². The van der Waals surface area contributed by atoms with Crippen molar-refractivity contribution in [3.8, 4) is 0 Å². The number of rotatable bonds is 5. The van der Waals surface area contributed by atoms with Gasteiger partial charge >= 0.3 is 5.97 Å². The minimum atomic E-state index is -3.25. The summed E-state index contributed by atoms with van der Waals surface area (Å²) in [5.74, 6) is -2.31. The predicted octanol–water partition coefficient (Wildman–Crippen LogP) is 0.100. The van der Waals surface area contributed by atoms with Crippen molar-refractivity contribution in [2.24, 2.45) is 5.73 Å². The monoisotopic (exact) mass is 230 g/mol. The molecule has 8 heteroatoms. The minimum absolute atomic E-state index is 0.458. The zero-order chi connectivity index (χ0) is 11.6. The van der Waals surface area contributed by atoms with Crippen molar-refractivity contribution >= 4 is 15.7 Å². The van der Waals surface area contributed by atoms with Crippen LogP contribution in [0.2, 0.25) is 0 Å². The third-order valence-corrected chi connectivity index (χ3v) is 2.68. The standard InChI is InChI=1S/C6H12F2N2O3S/c1-14(10,13)3-2-6(9,4(7)8)5(11)12/h4,10H,2-3,9H2,1H3,(H,11,12). The summed E-state index contributed by atoms with van der Waals surface area (Å²) < 4.78 is 42.3. The second-order valence-electron chi connectivity index (χ2n) is 3.11. The van der Waals surface area contributed by atoms with E-state index >= 15 is 0 Å². The predicted molar refractivity (Wildman–Crippen MR) is 46.8 cm³/mol. The molecule has 5 nitrogen and oxygen atoms in total. The Morgan fingerprint density at radius 3 is 2.36 bits per heavy atom. The first-order chi connectivity index (χ1) is 6.09. The molecule has 4 N–H and O–H groups in total. The Hall–Kier alpha value is -0.760. The molecule has 0 bridgehead atoms. The number of hydrogen-bond acceptors (Lipinski definition) is 4. The first-order valence-corrected chi connectivity index (χ1v) is 5.75. The first-order valence-electron chi connectivity index (χ1n) is 3.61. The Morgan fingerprint density at radius 2 is 2.14 bits per heavy atom. The van der Waals surface area contributed by atoms with Gasteiger partial charge in [-0.25, -0.2) is 13.6 Å². The second-order valence-corrected chi connectivity index (χ2v) is 5.52. The van der Waals surface area contributed by atoms with Crippen molar-refractivity contribution < 1.29 is 22.9 Å². The number of halogens is 2. The Kier molecular flexibility index (Phi) is 3.95. The lowest BCUT2D eigenvalue weighted by molar-refractivity contribution is -0.149. The Balaban J connectivity index is 4.64. The maximum Gasteiger partial charge on any atom is 0.329 e. The number of aliphatic carboxylic acids is 1. The highest BCUT2D eigenvalue weighted by molar-refractivity contribution is 7.91. The van der Waals surface area contributed by atoms with E-state index in [9.17, 15) is 17.8 Å². The molecular formula is C6H12F2N2O3S. The normalized spacial score (nSPS) is 20.1. The average Bonchev–Trinajstić information content (AvgIpc) is 1.97. The van der Waals surface area contributed by atoms with Crippen molar-refractivity contribution in [3.05, 3.63) is 0 Å². The molecule has 0 aromatic rings. The van der Waals surface area contributed by atoms with Crippen molar-refractivity contribution in [1.29, 1.82) is 4.78 Å². The van der Waals surface area contributed by atoms with Gasteiger partial charge in [0, 0.05) is 21.7 Å². The van der Waals surface area contributed by atoms with E-state index in [1.54, 1.807) is 0 Å². The Bertz CT molecular complexity index is 317. The Labute approximate surface area is 80.3 Å². The van der Waals surface area contributed by atoms with Gasteiger partial charge in [-0.15, -0.1) is 0 Å². The zero-order valence-electron chi connectivity index (χ0n) is 7.50. The lowest BCUT2D eigenvalue weighted by atomic mass is 9.99. The third-order valence-electron chi connectivity index (χ3n) is 1.69. The molecule has 0 aromatic heterocycles. The third kappa shape index (κ3) is 3.54. The molecule has 84 valence electrons. The molecule has 0 aliphatic carbocycles. The van der Waals surface area contributed by atoms with Crippen LogP contribution in [0.1, 0.15) is 6.42 Å². The molecule has 0 radical (unpaired) electrons. The Morgan fingerprint density at radius 1 is 1.71 bits per heavy atom. The van der Waals surface area contributed by atoms with Crippen LogP contribution in [0.5, 0.6) is 0 Å². The molecule has 2 atom stereocenters. The largest absolute Gasteiger partial charge is 0.480 e. The quantitative estimate of drug-likeness (QED) is 0.623. The molecule has 0 saturated carbocycles. The van der Waals surface area contributed by atoms with Crippen LogP contribution in [-0.4, -0.2) is 39.3 Å². The fraction of sp³-hybridized carbons (Fsp3) is 0.833. The van der Waals surface area contributed by atoms with E-state index in [1.165, 1.54) is 0 Å². The van der Waals surface area contributed by atoms with Crippen molar-refractivity contribution in [3.63, 3.8) is 0 Å². The summed E-state index contributed by atoms with van der Waals surface area (Å²) in [6.07, 6.45) is -2.89. The van der Waals surface area contributed by atoms with Crippen LogP contribution < -0.4 is 5.73 Å². The summed E-state index contributed by atoms with van der Waals surface area (Å²) in [6.45, 7) is 0. The average molecular weight is 230 g/mol. The molecule has 0 saturated heterocycles. The van der Waals surface area contributed by atoms with Crippen LogP contribution in [0.25, 0.3) is 0 Å². The first kappa shape index (κ1) is 13.2. The molecule has 0 rings (SSSR count). The molecule has 0 heterocycles. The topological polar surface area (TPSA) is 104 Å². The number of alkyl halides is 2. The fourth-order valence-corrected chi connectivity index (χ4v) is 1.40. The summed E-state index contributed by atoms with van der Waals surface area (Å²) in [6, 6.07) is 0. The van der Waals surface area contributed by atoms with Gasteiger partial charge in [-0.3, -0.25) is 8.99 Å². The highest BCUT2D eigenvalue weighted by Gasteiger charge is 2.43. The van der Waals surface area contributed by atoms with E-state index in [1.807, 2.05) is 0 Å². The van der Waals surface area contributed by atoms with E-state index < -0.39 is 39.8 Å². The van der Waals surface area contributed by atoms with Crippen LogP contribution >= 0.6 is 0 Å². The van der Waals surface area contributed by atoms with E-state index in [2.05, 4.69) is 0 Å². The number of carboxylic acids is 1. The van der Waals surface area contributed by atoms with Gasteiger partial charge < -0.3 is 10.8 Å². The van der Waals surface area contributed by atoms with Gasteiger partial charge in [-0.2, -0.15) is 0 Å². The lowest BCUT2D eigenvalue weighted by Gasteiger charge is -2.23. The fourth-order valence-electron chi connectivity index (χ4n) is 0.673. The number of nitrogens with two attached hydrogens (primary N) is 1. The van der Waals surface area contributed by atoms with Gasteiger partial charge in [0.2, 0.25) is 0 Å². The van der Waals surface area contributed by atoms with E-state index in [0.29, 0.717) is 0 Å². The van der Waals surface area contributed by atoms with E-state index in [0.717, 1.165) is 6.26 Å². The van der Waals surface area contributed by atoms with E-state index in [-0.39, 0.29) is 0 Å². The smallest absolute Gasteiger partial charge is 0.329 e. The van der Waals surface area contributed by atoms with Gasteiger partial charge in [-0.05, 0) is 6.42 Å². The molecule has 14 heavy (non-hydrogen) atoms. The number of carboxylic acid groups (broad SMARTS) is 1. The maximum atomic E-state index is 12.2. The highest BCUT2D eigenvalue weighted by Crippen LogP contribution is 2.18. The molecule has 0 aliphatic heterocycles. The van der Waals surface area contributed by atoms with Gasteiger partial charge in [0.25, 0.3) is 6.43 Å². The number of hydrogen-bond donors (Lipinski definition) is 3. The maximum absolute atomic E-state index is 12.2. The molecule has 2 unspecified atom stereocenters. The lowest BCUT2D eigenvalue weighted by Crippen LogP contribution is -2.55. The summed E-state index contributed by atoms with van der Waals surface area (Å²) in [5.41, 5.74) is 2.22. The SMILES string of the molecule is CS(=N)(=O)CCC(N)(C(=O)O)C(F)F. The zero-order valence-corrected chi connectivity index (χ0v) is 8.31. The highest BCUT2D eigenvalue weighted by atomic mass is 32.2. The summed E-state index contributed by atoms with van der Waals surface area (Å²) in [4.78, 5) is 10.4. The molecule has 0 aromatic carbocycles. The van der Waals surface area contributed by atoms with Crippen LogP contribution in [0.15, 0.2) is 0 Å². The summed E-state index contributed by atoms with van der Waals surface area (Å²) in [7, 11) is -3.00. The molecule has 0 amide bonds. The van der Waals surface area contributed by atoms with Crippen molar-refractivity contribution in [2.45, 2.75) is 18.4 Å². The van der Waals surface area contributed by atoms with Gasteiger partial charge in [0.1, 0.15) is 0 Å². The molecule has 0 fully saturated rings. The number of carbonyl (C=O) groups is 1. The molecular weight excluding hydrogens is 218 g/mol. The summed E-state index contributed by atoms with van der Waals surface area (Å²) >= 11 is 0. The van der Waals surface area contributed by atoms with Crippen LogP contribution in [-0.2, 0) is 14.5 Å². The van der Waals surface area contributed by atoms with Crippen LogP contribution in [0.4, 0.5) is 8.78 Å². The van der Waals surface area contributed by atoms with E-state index in [4.69, 9.17) is 15.6 Å². The minimum Gasteiger partial charge on any atom is -0.480 e. The van der Waals surface area contributed by atoms with Gasteiger partial charge in [0.15, 0.2) is 5.54 Å². The number of nitrogens with one attached hydrogen (secondary N) is 1. The van der Waals surface area contributed by atoms with Gasteiger partial charge in [-0.1, -0.05) is 0 Å². The molecule has 0 spiro atoms. The van der Waals surface area contributed by atoms with Gasteiger partial charge in [0.05, 0.1) is 0 Å². The van der Waals surface area contributed by atoms with Crippen molar-refractivity contribution in [1.82, 2.24) is 0 Å².